The number of aromatic nitrogens is 1. The Bertz CT molecular complexity index is 611. The van der Waals surface area contributed by atoms with E-state index in [0.29, 0.717) is 10.0 Å². The normalized spacial score (nSPS) is 10.3. The van der Waals surface area contributed by atoms with Gasteiger partial charge in [-0.2, -0.15) is 0 Å². The van der Waals surface area contributed by atoms with Gasteiger partial charge in [-0.15, -0.1) is 0 Å². The van der Waals surface area contributed by atoms with Gasteiger partial charge < -0.3 is 5.32 Å². The molecule has 0 saturated heterocycles. The Morgan fingerprint density at radius 3 is 2.60 bits per heavy atom. The van der Waals surface area contributed by atoms with E-state index in [9.17, 15) is 4.79 Å². The second kappa shape index (κ2) is 6.77. The third-order valence-corrected chi connectivity index (χ3v) is 4.23. The maximum Gasteiger partial charge on any atom is 0.234 e. The number of aryl methyl sites for hydroxylation is 2. The number of rotatable bonds is 4. The monoisotopic (exact) mass is 306 g/mol. The van der Waals surface area contributed by atoms with Crippen molar-refractivity contribution in [1.29, 1.82) is 0 Å². The van der Waals surface area contributed by atoms with Crippen LogP contribution in [0.4, 0.5) is 5.69 Å². The summed E-state index contributed by atoms with van der Waals surface area (Å²) in [5.74, 6) is 0.221. The lowest BCUT2D eigenvalue weighted by molar-refractivity contribution is -0.113. The van der Waals surface area contributed by atoms with Gasteiger partial charge in [-0.1, -0.05) is 41.6 Å². The van der Waals surface area contributed by atoms with Gasteiger partial charge in [-0.25, -0.2) is 4.98 Å². The van der Waals surface area contributed by atoms with Gasteiger partial charge in [0.25, 0.3) is 0 Å². The third-order valence-electron chi connectivity index (χ3n) is 2.81. The smallest absolute Gasteiger partial charge is 0.234 e. The number of carbonyl (C=O) groups excluding carboxylic acids is 1. The van der Waals surface area contributed by atoms with Crippen LogP contribution in [0.2, 0.25) is 5.02 Å². The topological polar surface area (TPSA) is 42.0 Å². The Balaban J connectivity index is 1.98. The molecule has 0 saturated carbocycles. The molecule has 2 aromatic rings. The Hall–Kier alpha value is -1.52. The summed E-state index contributed by atoms with van der Waals surface area (Å²) in [5.41, 5.74) is 2.99. The Kier molecular flexibility index (Phi) is 5.04. The number of nitrogens with zero attached hydrogens (tertiary/aromatic N) is 1. The van der Waals surface area contributed by atoms with E-state index in [4.69, 9.17) is 11.6 Å². The van der Waals surface area contributed by atoms with Crippen molar-refractivity contribution in [3.8, 4) is 0 Å². The summed E-state index contributed by atoms with van der Waals surface area (Å²) in [6.45, 7) is 3.96. The molecule has 0 aliphatic heterocycles. The van der Waals surface area contributed by atoms with E-state index in [-0.39, 0.29) is 11.7 Å². The van der Waals surface area contributed by atoms with E-state index < -0.39 is 0 Å². The van der Waals surface area contributed by atoms with Gasteiger partial charge in [0.05, 0.1) is 10.8 Å². The summed E-state index contributed by atoms with van der Waals surface area (Å²) in [6, 6.07) is 9.46. The Morgan fingerprint density at radius 1 is 1.25 bits per heavy atom. The number of halogens is 1. The lowest BCUT2D eigenvalue weighted by Crippen LogP contribution is -2.15. The fourth-order valence-electron chi connectivity index (χ4n) is 1.80. The molecule has 20 heavy (non-hydrogen) atoms. The molecule has 1 aromatic heterocycles. The molecule has 1 aromatic carbocycles. The standard InChI is InChI=1S/C15H15ClN2OS/c1-10-5-3-6-11(2)14(10)18-13(19)9-20-15-12(16)7-4-8-17-15/h3-8H,9H2,1-2H3,(H,18,19). The maximum absolute atomic E-state index is 12.0. The highest BCUT2D eigenvalue weighted by Gasteiger charge is 2.09. The highest BCUT2D eigenvalue weighted by atomic mass is 35.5. The summed E-state index contributed by atoms with van der Waals surface area (Å²) >= 11 is 7.33. The average Bonchev–Trinajstić information content (AvgIpc) is 2.42. The number of amides is 1. The largest absolute Gasteiger partial charge is 0.325 e. The molecule has 5 heteroatoms. The van der Waals surface area contributed by atoms with E-state index >= 15 is 0 Å². The summed E-state index contributed by atoms with van der Waals surface area (Å²) in [5, 5.41) is 4.18. The molecule has 0 aliphatic carbocycles. The fourth-order valence-corrected chi connectivity index (χ4v) is 2.76. The first kappa shape index (κ1) is 14.9. The first-order valence-electron chi connectivity index (χ1n) is 6.17. The van der Waals surface area contributed by atoms with Crippen LogP contribution in [-0.2, 0) is 4.79 Å². The molecule has 0 radical (unpaired) electrons. The predicted octanol–water partition coefficient (Wildman–Crippen LogP) is 4.08. The van der Waals surface area contributed by atoms with E-state index in [2.05, 4.69) is 10.3 Å². The number of pyridine rings is 1. The second-order valence-corrected chi connectivity index (χ2v) is 5.77. The van der Waals surface area contributed by atoms with Crippen molar-refractivity contribution >= 4 is 35.0 Å². The SMILES string of the molecule is Cc1cccc(C)c1NC(=O)CSc1ncccc1Cl. The number of carbonyl (C=O) groups is 1. The predicted molar refractivity (Wildman–Crippen MR) is 84.5 cm³/mol. The number of nitrogens with one attached hydrogen (secondary N) is 1. The minimum absolute atomic E-state index is 0.0610. The molecule has 0 bridgehead atoms. The van der Waals surface area contributed by atoms with Crippen LogP contribution in [0, 0.1) is 13.8 Å². The fraction of sp³-hybridized carbons (Fsp3) is 0.200. The first-order chi connectivity index (χ1) is 9.58. The van der Waals surface area contributed by atoms with Crippen molar-refractivity contribution in [2.75, 3.05) is 11.1 Å². The lowest BCUT2D eigenvalue weighted by Gasteiger charge is -2.11. The van der Waals surface area contributed by atoms with Crippen LogP contribution in [0.3, 0.4) is 0 Å². The summed E-state index contributed by atoms with van der Waals surface area (Å²) < 4.78 is 0. The van der Waals surface area contributed by atoms with Gasteiger partial charge in [-0.05, 0) is 37.1 Å². The molecule has 0 spiro atoms. The summed E-state index contributed by atoms with van der Waals surface area (Å²) in [7, 11) is 0. The molecule has 0 aliphatic rings. The van der Waals surface area contributed by atoms with Crippen LogP contribution in [0.25, 0.3) is 0 Å². The zero-order valence-electron chi connectivity index (χ0n) is 11.3. The van der Waals surface area contributed by atoms with E-state index in [1.54, 1.807) is 18.3 Å². The van der Waals surface area contributed by atoms with Crippen LogP contribution in [-0.4, -0.2) is 16.6 Å². The van der Waals surface area contributed by atoms with E-state index in [0.717, 1.165) is 16.8 Å². The number of benzene rings is 1. The highest BCUT2D eigenvalue weighted by molar-refractivity contribution is 8.00. The zero-order valence-corrected chi connectivity index (χ0v) is 12.9. The Labute approximate surface area is 127 Å². The minimum Gasteiger partial charge on any atom is -0.325 e. The molecule has 104 valence electrons. The van der Waals surface area contributed by atoms with Crippen molar-refractivity contribution in [3.63, 3.8) is 0 Å². The maximum atomic E-state index is 12.0. The van der Waals surface area contributed by atoms with Gasteiger partial charge in [0.15, 0.2) is 0 Å². The van der Waals surface area contributed by atoms with Gasteiger partial charge >= 0.3 is 0 Å². The van der Waals surface area contributed by atoms with Crippen molar-refractivity contribution < 1.29 is 4.79 Å². The number of hydrogen-bond acceptors (Lipinski definition) is 3. The molecule has 0 atom stereocenters. The number of para-hydroxylation sites is 1. The molecule has 3 nitrogen and oxygen atoms in total. The Morgan fingerprint density at radius 2 is 1.95 bits per heavy atom. The van der Waals surface area contributed by atoms with E-state index in [1.807, 2.05) is 32.0 Å². The summed E-state index contributed by atoms with van der Waals surface area (Å²) in [4.78, 5) is 16.1. The van der Waals surface area contributed by atoms with Gasteiger partial charge in [0.1, 0.15) is 5.03 Å². The lowest BCUT2D eigenvalue weighted by atomic mass is 10.1. The number of thioether (sulfide) groups is 1. The second-order valence-electron chi connectivity index (χ2n) is 4.39. The highest BCUT2D eigenvalue weighted by Crippen LogP contribution is 2.25. The minimum atomic E-state index is -0.0610. The van der Waals surface area contributed by atoms with Crippen molar-refractivity contribution in [3.05, 3.63) is 52.7 Å². The molecular weight excluding hydrogens is 292 g/mol. The van der Waals surface area contributed by atoms with Crippen molar-refractivity contribution in [2.24, 2.45) is 0 Å². The molecular formula is C15H15ClN2OS. The zero-order chi connectivity index (χ0) is 14.5. The van der Waals surface area contributed by atoms with Crippen LogP contribution in [0.15, 0.2) is 41.6 Å². The molecule has 0 fully saturated rings. The van der Waals surface area contributed by atoms with Crippen molar-refractivity contribution in [1.82, 2.24) is 4.98 Å². The van der Waals surface area contributed by atoms with Crippen LogP contribution >= 0.6 is 23.4 Å². The van der Waals surface area contributed by atoms with Gasteiger partial charge in [-0.3, -0.25) is 4.79 Å². The molecule has 0 unspecified atom stereocenters. The number of hydrogen-bond donors (Lipinski definition) is 1. The summed E-state index contributed by atoms with van der Waals surface area (Å²) in [6.07, 6.45) is 1.66. The molecule has 1 heterocycles. The van der Waals surface area contributed by atoms with Gasteiger partial charge in [0.2, 0.25) is 5.91 Å². The van der Waals surface area contributed by atoms with E-state index in [1.165, 1.54) is 11.8 Å². The molecule has 2 rings (SSSR count). The molecule has 1 amide bonds. The van der Waals surface area contributed by atoms with Gasteiger partial charge in [0, 0.05) is 11.9 Å². The quantitative estimate of drug-likeness (QED) is 0.865. The van der Waals surface area contributed by atoms with Crippen LogP contribution in [0.5, 0.6) is 0 Å². The van der Waals surface area contributed by atoms with Crippen molar-refractivity contribution in [2.45, 2.75) is 18.9 Å². The first-order valence-corrected chi connectivity index (χ1v) is 7.53. The number of anilines is 1. The molecule has 1 N–H and O–H groups in total. The van der Waals surface area contributed by atoms with Crippen LogP contribution in [0.1, 0.15) is 11.1 Å². The average molecular weight is 307 g/mol. The third kappa shape index (κ3) is 3.74. The van der Waals surface area contributed by atoms with Crippen LogP contribution < -0.4 is 5.32 Å².